The number of nitrogens with one attached hydrogen (secondary N) is 2. The summed E-state index contributed by atoms with van der Waals surface area (Å²) in [5.74, 6) is 0.476. The molecule has 4 rings (SSSR count). The van der Waals surface area contributed by atoms with Gasteiger partial charge in [0.15, 0.2) is 0 Å². The van der Waals surface area contributed by atoms with Gasteiger partial charge in [-0.2, -0.15) is 0 Å². The number of rotatable bonds is 6. The number of fused-ring (bicyclic) bond motifs is 1. The molecule has 2 aromatic carbocycles. The van der Waals surface area contributed by atoms with E-state index in [0.717, 1.165) is 34.5 Å². The molecule has 1 aromatic heterocycles. The van der Waals surface area contributed by atoms with E-state index in [-0.39, 0.29) is 17.1 Å². The van der Waals surface area contributed by atoms with Crippen molar-refractivity contribution in [2.24, 2.45) is 0 Å². The molecule has 1 fully saturated rings. The smallest absolute Gasteiger partial charge is 0.239 e. The number of aromatic nitrogens is 2. The Balaban J connectivity index is 1.49. The lowest BCUT2D eigenvalue weighted by Gasteiger charge is -2.25. The van der Waals surface area contributed by atoms with Crippen molar-refractivity contribution in [2.75, 3.05) is 10.6 Å². The van der Waals surface area contributed by atoms with Crippen molar-refractivity contribution in [3.8, 4) is 0 Å². The summed E-state index contributed by atoms with van der Waals surface area (Å²) in [5.41, 5.74) is 2.74. The third-order valence-corrected chi connectivity index (χ3v) is 6.74. The van der Waals surface area contributed by atoms with Crippen molar-refractivity contribution in [1.82, 2.24) is 9.55 Å². The van der Waals surface area contributed by atoms with E-state index < -0.39 is 0 Å². The minimum atomic E-state index is -0.286. The van der Waals surface area contributed by atoms with E-state index in [0.29, 0.717) is 12.0 Å². The van der Waals surface area contributed by atoms with Gasteiger partial charge in [-0.05, 0) is 56.2 Å². The summed E-state index contributed by atoms with van der Waals surface area (Å²) in [5, 5.41) is 5.56. The lowest BCUT2D eigenvalue weighted by atomic mass is 9.95. The van der Waals surface area contributed by atoms with Gasteiger partial charge in [0.25, 0.3) is 0 Å². The average molecular weight is 437 g/mol. The van der Waals surface area contributed by atoms with Gasteiger partial charge in [0.2, 0.25) is 17.8 Å². The van der Waals surface area contributed by atoms with Gasteiger partial charge in [-0.3, -0.25) is 14.9 Å². The normalized spacial score (nSPS) is 15.5. The lowest BCUT2D eigenvalue weighted by molar-refractivity contribution is -0.115. The zero-order valence-electron chi connectivity index (χ0n) is 17.9. The number of hydrogen-bond donors (Lipinski definition) is 2. The molecule has 0 spiro atoms. The summed E-state index contributed by atoms with van der Waals surface area (Å²) in [6.45, 7) is 3.38. The van der Waals surface area contributed by atoms with E-state index in [1.165, 1.54) is 37.9 Å². The maximum atomic E-state index is 13.0. The Labute approximate surface area is 186 Å². The number of anilines is 2. The molecule has 7 heteroatoms. The second-order valence-electron chi connectivity index (χ2n) is 8.04. The number of thioether (sulfide) groups is 1. The van der Waals surface area contributed by atoms with Crippen molar-refractivity contribution in [3.05, 3.63) is 48.5 Å². The Morgan fingerprint density at radius 1 is 1.03 bits per heavy atom. The zero-order valence-corrected chi connectivity index (χ0v) is 18.7. The first-order valence-corrected chi connectivity index (χ1v) is 11.7. The molecule has 0 aliphatic heterocycles. The molecule has 2 amide bonds. The number of carbonyl (C=O) groups is 2. The second-order valence-corrected chi connectivity index (χ2v) is 9.46. The van der Waals surface area contributed by atoms with Gasteiger partial charge >= 0.3 is 0 Å². The minimum Gasteiger partial charge on any atom is -0.326 e. The highest BCUT2D eigenvalue weighted by atomic mass is 32.2. The average Bonchev–Trinajstić information content (AvgIpc) is 3.13. The standard InChI is InChI=1S/C24H28N4O2S/c1-16(31-20-14-12-18(13-15-20)25-17(2)29)23(30)27-24-26-21-10-6-7-11-22(21)28(24)19-8-4-3-5-9-19/h6-7,10-16,19H,3-5,8-9H2,1-2H3,(H,25,29)(H,26,27,30). The van der Waals surface area contributed by atoms with E-state index >= 15 is 0 Å². The number of amides is 2. The fraction of sp³-hybridized carbons (Fsp3) is 0.375. The topological polar surface area (TPSA) is 76.0 Å². The molecule has 162 valence electrons. The maximum Gasteiger partial charge on any atom is 0.239 e. The van der Waals surface area contributed by atoms with E-state index in [1.54, 1.807) is 0 Å². The van der Waals surface area contributed by atoms with Crippen LogP contribution in [0.1, 0.15) is 52.0 Å². The summed E-state index contributed by atoms with van der Waals surface area (Å²) in [4.78, 5) is 29.9. The van der Waals surface area contributed by atoms with Gasteiger partial charge in [0.05, 0.1) is 16.3 Å². The van der Waals surface area contributed by atoms with Crippen LogP contribution in [0, 0.1) is 0 Å². The Hall–Kier alpha value is -2.80. The number of hydrogen-bond acceptors (Lipinski definition) is 4. The Kier molecular flexibility index (Phi) is 6.61. The minimum absolute atomic E-state index is 0.0664. The highest BCUT2D eigenvalue weighted by Gasteiger charge is 2.24. The number of imidazole rings is 1. The highest BCUT2D eigenvalue weighted by molar-refractivity contribution is 8.00. The number of benzene rings is 2. The molecular formula is C24H28N4O2S. The van der Waals surface area contributed by atoms with E-state index in [4.69, 9.17) is 4.98 Å². The highest BCUT2D eigenvalue weighted by Crippen LogP contribution is 2.34. The molecule has 0 bridgehead atoms. The molecule has 0 radical (unpaired) electrons. The van der Waals surface area contributed by atoms with Gasteiger partial charge in [-0.1, -0.05) is 31.4 Å². The van der Waals surface area contributed by atoms with Crippen molar-refractivity contribution in [3.63, 3.8) is 0 Å². The third kappa shape index (κ3) is 5.10. The zero-order chi connectivity index (χ0) is 21.8. The first kappa shape index (κ1) is 21.4. The second kappa shape index (κ2) is 9.56. The lowest BCUT2D eigenvalue weighted by Crippen LogP contribution is -2.25. The van der Waals surface area contributed by atoms with Crippen LogP contribution in [0.25, 0.3) is 11.0 Å². The summed E-state index contributed by atoms with van der Waals surface area (Å²) in [6, 6.07) is 16.0. The maximum absolute atomic E-state index is 13.0. The number of nitrogens with zero attached hydrogens (tertiary/aromatic N) is 2. The Bertz CT molecular complexity index is 1070. The van der Waals surface area contributed by atoms with E-state index in [9.17, 15) is 9.59 Å². The van der Waals surface area contributed by atoms with E-state index in [2.05, 4.69) is 21.3 Å². The van der Waals surface area contributed by atoms with Crippen LogP contribution in [0.4, 0.5) is 11.6 Å². The number of carbonyl (C=O) groups excluding carboxylic acids is 2. The quantitative estimate of drug-likeness (QED) is 0.492. The number of para-hydroxylation sites is 2. The van der Waals surface area contributed by atoms with Gasteiger partial charge in [-0.25, -0.2) is 4.98 Å². The molecule has 1 saturated carbocycles. The Morgan fingerprint density at radius 2 is 1.74 bits per heavy atom. The van der Waals surface area contributed by atoms with E-state index in [1.807, 2.05) is 49.4 Å². The van der Waals surface area contributed by atoms with Crippen LogP contribution >= 0.6 is 11.8 Å². The van der Waals surface area contributed by atoms with Crippen LogP contribution in [0.5, 0.6) is 0 Å². The van der Waals surface area contributed by atoms with Crippen LogP contribution < -0.4 is 10.6 Å². The Morgan fingerprint density at radius 3 is 2.45 bits per heavy atom. The van der Waals surface area contributed by atoms with Gasteiger partial charge in [0.1, 0.15) is 0 Å². The first-order valence-electron chi connectivity index (χ1n) is 10.8. The molecule has 31 heavy (non-hydrogen) atoms. The van der Waals surface area contributed by atoms with Crippen molar-refractivity contribution >= 4 is 46.2 Å². The SMILES string of the molecule is CC(=O)Nc1ccc(SC(C)C(=O)Nc2nc3ccccc3n2C2CCCCC2)cc1. The largest absolute Gasteiger partial charge is 0.326 e. The molecule has 6 nitrogen and oxygen atoms in total. The first-order chi connectivity index (χ1) is 15.0. The van der Waals surface area contributed by atoms with Crippen molar-refractivity contribution < 1.29 is 9.59 Å². The molecular weight excluding hydrogens is 408 g/mol. The fourth-order valence-corrected chi connectivity index (χ4v) is 5.00. The summed E-state index contributed by atoms with van der Waals surface area (Å²) < 4.78 is 2.23. The molecule has 3 aromatic rings. The van der Waals surface area contributed by atoms with Crippen LogP contribution in [-0.4, -0.2) is 26.6 Å². The predicted octanol–water partition coefficient (Wildman–Crippen LogP) is 5.62. The predicted molar refractivity (Wildman–Crippen MR) is 127 cm³/mol. The van der Waals surface area contributed by atoms with Crippen LogP contribution in [0.2, 0.25) is 0 Å². The molecule has 1 heterocycles. The summed E-state index contributed by atoms with van der Waals surface area (Å²) in [6.07, 6.45) is 5.94. The van der Waals surface area contributed by atoms with Crippen LogP contribution in [0.3, 0.4) is 0 Å². The molecule has 2 N–H and O–H groups in total. The fourth-order valence-electron chi connectivity index (χ4n) is 4.13. The third-order valence-electron chi connectivity index (χ3n) is 5.63. The molecule has 1 unspecified atom stereocenters. The van der Waals surface area contributed by atoms with Crippen molar-refractivity contribution in [1.29, 1.82) is 0 Å². The molecule has 1 aliphatic rings. The molecule has 1 aliphatic carbocycles. The molecule has 1 atom stereocenters. The van der Waals surface area contributed by atoms with Gasteiger partial charge < -0.3 is 9.88 Å². The van der Waals surface area contributed by atoms with Gasteiger partial charge in [0, 0.05) is 23.5 Å². The van der Waals surface area contributed by atoms with Crippen LogP contribution in [-0.2, 0) is 9.59 Å². The van der Waals surface area contributed by atoms with Gasteiger partial charge in [-0.15, -0.1) is 11.8 Å². The molecule has 0 saturated heterocycles. The van der Waals surface area contributed by atoms with Crippen LogP contribution in [0.15, 0.2) is 53.4 Å². The summed E-state index contributed by atoms with van der Waals surface area (Å²) >= 11 is 1.49. The van der Waals surface area contributed by atoms with Crippen molar-refractivity contribution in [2.45, 2.75) is 62.1 Å². The monoisotopic (exact) mass is 436 g/mol. The summed E-state index contributed by atoms with van der Waals surface area (Å²) in [7, 11) is 0.